The van der Waals surface area contributed by atoms with Gasteiger partial charge >= 0.3 is 0 Å². The third-order valence-electron chi connectivity index (χ3n) is 3.57. The van der Waals surface area contributed by atoms with Crippen LogP contribution in [-0.2, 0) is 0 Å². The summed E-state index contributed by atoms with van der Waals surface area (Å²) in [7, 11) is 0. The first-order valence-electron chi connectivity index (χ1n) is 6.48. The average Bonchev–Trinajstić information content (AvgIpc) is 2.16. The van der Waals surface area contributed by atoms with Crippen molar-refractivity contribution in [3.8, 4) is 0 Å². The molecule has 0 aromatic heterocycles. The summed E-state index contributed by atoms with van der Waals surface area (Å²) in [5.74, 6) is 1.24. The van der Waals surface area contributed by atoms with Gasteiger partial charge in [-0.05, 0) is 51.4 Å². The third kappa shape index (κ3) is 4.52. The zero-order chi connectivity index (χ0) is 12.2. The van der Waals surface area contributed by atoms with Gasteiger partial charge in [0, 0.05) is 0 Å². The highest BCUT2D eigenvalue weighted by molar-refractivity contribution is 5.07. The summed E-state index contributed by atoms with van der Waals surface area (Å²) in [6.07, 6.45) is 10.7. The van der Waals surface area contributed by atoms with E-state index in [2.05, 4.69) is 32.9 Å². The molecule has 0 aliphatic heterocycles. The van der Waals surface area contributed by atoms with Gasteiger partial charge in [0.2, 0.25) is 0 Å². The fourth-order valence-corrected chi connectivity index (χ4v) is 2.17. The molecule has 1 aliphatic rings. The molecule has 0 aromatic carbocycles. The van der Waals surface area contributed by atoms with Gasteiger partial charge in [0.25, 0.3) is 0 Å². The summed E-state index contributed by atoms with van der Waals surface area (Å²) in [6, 6.07) is 0. The minimum Gasteiger partial charge on any atom is -0.386 e. The van der Waals surface area contributed by atoms with Crippen molar-refractivity contribution in [3.63, 3.8) is 0 Å². The molecule has 0 fully saturated rings. The molecular formula is C15H26O. The molecule has 92 valence electrons. The standard InChI is InChI=1S/C15H26O/c1-12(2)14-8-7-13(3)6-5-10-15(4,16)11-9-14/h6,9,11-12,14,16H,5,7-8,10H2,1-4H3. The van der Waals surface area contributed by atoms with E-state index in [1.807, 2.05) is 13.0 Å². The molecule has 2 unspecified atom stereocenters. The second-order valence-corrected chi connectivity index (χ2v) is 5.75. The second-order valence-electron chi connectivity index (χ2n) is 5.75. The monoisotopic (exact) mass is 222 g/mol. The molecule has 0 bridgehead atoms. The van der Waals surface area contributed by atoms with Crippen molar-refractivity contribution in [1.29, 1.82) is 0 Å². The van der Waals surface area contributed by atoms with E-state index in [1.165, 1.54) is 18.4 Å². The Morgan fingerprint density at radius 2 is 2.12 bits per heavy atom. The Morgan fingerprint density at radius 1 is 1.44 bits per heavy atom. The number of rotatable bonds is 1. The maximum Gasteiger partial charge on any atom is 0.0802 e. The lowest BCUT2D eigenvalue weighted by Gasteiger charge is -2.23. The molecule has 1 rings (SSSR count). The maximum atomic E-state index is 10.2. The predicted octanol–water partition coefficient (Wildman–Crippen LogP) is 4.09. The van der Waals surface area contributed by atoms with Crippen LogP contribution in [0.3, 0.4) is 0 Å². The normalized spacial score (nSPS) is 32.6. The van der Waals surface area contributed by atoms with Crippen molar-refractivity contribution in [1.82, 2.24) is 0 Å². The van der Waals surface area contributed by atoms with Crippen molar-refractivity contribution in [3.05, 3.63) is 23.8 Å². The van der Waals surface area contributed by atoms with Crippen LogP contribution in [0.25, 0.3) is 0 Å². The topological polar surface area (TPSA) is 20.2 Å². The molecule has 16 heavy (non-hydrogen) atoms. The number of hydrogen-bond acceptors (Lipinski definition) is 1. The van der Waals surface area contributed by atoms with E-state index in [9.17, 15) is 5.11 Å². The lowest BCUT2D eigenvalue weighted by molar-refractivity contribution is 0.102. The van der Waals surface area contributed by atoms with Gasteiger partial charge in [-0.1, -0.05) is 37.6 Å². The Bertz CT molecular complexity index is 271. The van der Waals surface area contributed by atoms with Crippen LogP contribution in [0.5, 0.6) is 0 Å². The maximum absolute atomic E-state index is 10.2. The van der Waals surface area contributed by atoms with Gasteiger partial charge in [0.05, 0.1) is 5.60 Å². The summed E-state index contributed by atoms with van der Waals surface area (Å²) < 4.78 is 0. The molecule has 0 saturated heterocycles. The Labute approximate surface area is 100 Å². The van der Waals surface area contributed by atoms with Gasteiger partial charge in [0.15, 0.2) is 0 Å². The van der Waals surface area contributed by atoms with Gasteiger partial charge in [-0.2, -0.15) is 0 Å². The predicted molar refractivity (Wildman–Crippen MR) is 70.3 cm³/mol. The van der Waals surface area contributed by atoms with Crippen molar-refractivity contribution in [2.24, 2.45) is 11.8 Å². The van der Waals surface area contributed by atoms with Gasteiger partial charge in [-0.15, -0.1) is 0 Å². The van der Waals surface area contributed by atoms with E-state index in [0.29, 0.717) is 11.8 Å². The zero-order valence-corrected chi connectivity index (χ0v) is 11.2. The van der Waals surface area contributed by atoms with Gasteiger partial charge in [0.1, 0.15) is 0 Å². The highest BCUT2D eigenvalue weighted by atomic mass is 16.3. The van der Waals surface area contributed by atoms with Crippen LogP contribution in [-0.4, -0.2) is 10.7 Å². The first-order chi connectivity index (χ1) is 7.41. The molecule has 0 heterocycles. The highest BCUT2D eigenvalue weighted by Crippen LogP contribution is 2.25. The molecule has 0 saturated carbocycles. The molecule has 0 aromatic rings. The molecule has 1 N–H and O–H groups in total. The Balaban J connectivity index is 2.79. The molecular weight excluding hydrogens is 196 g/mol. The van der Waals surface area contributed by atoms with Crippen LogP contribution in [0, 0.1) is 11.8 Å². The van der Waals surface area contributed by atoms with Crippen LogP contribution in [0.4, 0.5) is 0 Å². The van der Waals surface area contributed by atoms with E-state index >= 15 is 0 Å². The Kier molecular flexibility index (Phi) is 4.79. The van der Waals surface area contributed by atoms with Gasteiger partial charge < -0.3 is 5.11 Å². The Morgan fingerprint density at radius 3 is 2.75 bits per heavy atom. The van der Waals surface area contributed by atoms with E-state index in [0.717, 1.165) is 12.8 Å². The van der Waals surface area contributed by atoms with Crippen molar-refractivity contribution in [2.75, 3.05) is 0 Å². The molecule has 2 atom stereocenters. The summed E-state index contributed by atoms with van der Waals surface area (Å²) >= 11 is 0. The fourth-order valence-electron chi connectivity index (χ4n) is 2.17. The molecule has 0 radical (unpaired) electrons. The van der Waals surface area contributed by atoms with Crippen LogP contribution in [0.15, 0.2) is 23.8 Å². The quantitative estimate of drug-likeness (QED) is 0.663. The number of allylic oxidation sites excluding steroid dienone is 3. The minimum atomic E-state index is -0.638. The number of hydrogen-bond donors (Lipinski definition) is 1. The van der Waals surface area contributed by atoms with E-state index in [4.69, 9.17) is 0 Å². The third-order valence-corrected chi connectivity index (χ3v) is 3.57. The first kappa shape index (κ1) is 13.5. The lowest BCUT2D eigenvalue weighted by Crippen LogP contribution is -2.21. The van der Waals surface area contributed by atoms with Crippen LogP contribution >= 0.6 is 0 Å². The SMILES string of the molecule is CC1=CCCC(C)(O)C=CC(C(C)C)CC1. The van der Waals surface area contributed by atoms with Crippen molar-refractivity contribution < 1.29 is 5.11 Å². The highest BCUT2D eigenvalue weighted by Gasteiger charge is 2.18. The molecule has 1 nitrogen and oxygen atoms in total. The van der Waals surface area contributed by atoms with E-state index < -0.39 is 5.60 Å². The largest absolute Gasteiger partial charge is 0.386 e. The van der Waals surface area contributed by atoms with Crippen LogP contribution < -0.4 is 0 Å². The van der Waals surface area contributed by atoms with Crippen molar-refractivity contribution in [2.45, 2.75) is 59.0 Å². The Hall–Kier alpha value is -0.560. The first-order valence-corrected chi connectivity index (χ1v) is 6.48. The average molecular weight is 222 g/mol. The molecule has 1 heteroatoms. The smallest absolute Gasteiger partial charge is 0.0802 e. The molecule has 0 amide bonds. The van der Waals surface area contributed by atoms with Gasteiger partial charge in [-0.25, -0.2) is 0 Å². The lowest BCUT2D eigenvalue weighted by atomic mass is 9.86. The second kappa shape index (κ2) is 5.67. The fraction of sp³-hybridized carbons (Fsp3) is 0.733. The summed E-state index contributed by atoms with van der Waals surface area (Å²) in [5, 5.41) is 10.2. The molecule has 1 aliphatic carbocycles. The van der Waals surface area contributed by atoms with Crippen molar-refractivity contribution >= 4 is 0 Å². The zero-order valence-electron chi connectivity index (χ0n) is 11.2. The minimum absolute atomic E-state index is 0.591. The van der Waals surface area contributed by atoms with Gasteiger partial charge in [-0.3, -0.25) is 0 Å². The van der Waals surface area contributed by atoms with E-state index in [1.54, 1.807) is 0 Å². The molecule has 0 spiro atoms. The van der Waals surface area contributed by atoms with E-state index in [-0.39, 0.29) is 0 Å². The van der Waals surface area contributed by atoms with Crippen LogP contribution in [0.2, 0.25) is 0 Å². The summed E-state index contributed by atoms with van der Waals surface area (Å²) in [5.41, 5.74) is 0.832. The summed E-state index contributed by atoms with van der Waals surface area (Å²) in [6.45, 7) is 8.63. The summed E-state index contributed by atoms with van der Waals surface area (Å²) in [4.78, 5) is 0. The number of aliphatic hydroxyl groups is 1. The van der Waals surface area contributed by atoms with Crippen LogP contribution in [0.1, 0.15) is 53.4 Å².